The molecule has 0 aliphatic carbocycles. The lowest BCUT2D eigenvalue weighted by molar-refractivity contribution is 0.665. The fourth-order valence-corrected chi connectivity index (χ4v) is 2.28. The average molecular weight is 278 g/mol. The second-order valence-corrected chi connectivity index (χ2v) is 4.97. The third-order valence-corrected chi connectivity index (χ3v) is 3.31. The van der Waals surface area contributed by atoms with Gasteiger partial charge in [-0.1, -0.05) is 12.1 Å². The molecule has 3 aromatic heterocycles. The second-order valence-electron chi connectivity index (χ2n) is 4.97. The van der Waals surface area contributed by atoms with Crippen LogP contribution in [0.3, 0.4) is 0 Å². The normalized spacial score (nSPS) is 10.7. The van der Waals surface area contributed by atoms with Crippen LogP contribution in [-0.4, -0.2) is 14.5 Å². The second kappa shape index (κ2) is 6.33. The molecule has 0 fully saturated rings. The molecule has 106 valence electrons. The molecule has 4 nitrogen and oxygen atoms in total. The lowest BCUT2D eigenvalue weighted by atomic mass is 10.3. The van der Waals surface area contributed by atoms with Crippen LogP contribution in [0.1, 0.15) is 17.0 Å². The number of hydrogen-bond donors (Lipinski definition) is 1. The molecule has 3 heterocycles. The lowest BCUT2D eigenvalue weighted by Gasteiger charge is -2.10. The van der Waals surface area contributed by atoms with Crippen LogP contribution in [0.5, 0.6) is 0 Å². The molecule has 0 saturated heterocycles. The largest absolute Gasteiger partial charge is 0.307 e. The first-order valence-corrected chi connectivity index (χ1v) is 7.03. The maximum atomic E-state index is 4.57. The smallest absolute Gasteiger partial charge is 0.137 e. The van der Waals surface area contributed by atoms with Crippen LogP contribution in [0.2, 0.25) is 0 Å². The Morgan fingerprint density at radius 2 is 2.00 bits per heavy atom. The Morgan fingerprint density at radius 3 is 2.81 bits per heavy atom. The Balaban J connectivity index is 1.69. The number of rotatable bonds is 5. The fraction of sp³-hybridized carbons (Fsp3) is 0.176. The van der Waals surface area contributed by atoms with Crippen molar-refractivity contribution in [1.82, 2.24) is 19.9 Å². The molecule has 3 aromatic rings. The van der Waals surface area contributed by atoms with Crippen LogP contribution < -0.4 is 5.32 Å². The van der Waals surface area contributed by atoms with Crippen molar-refractivity contribution in [3.8, 4) is 5.82 Å². The predicted octanol–water partition coefficient (Wildman–Crippen LogP) is 2.87. The Kier molecular flexibility index (Phi) is 4.07. The molecule has 0 unspecified atom stereocenters. The van der Waals surface area contributed by atoms with Crippen molar-refractivity contribution in [2.45, 2.75) is 20.0 Å². The van der Waals surface area contributed by atoms with Gasteiger partial charge in [-0.25, -0.2) is 4.98 Å². The molecular formula is C17H18N4. The first-order chi connectivity index (χ1) is 10.3. The topological polar surface area (TPSA) is 42.7 Å². The summed E-state index contributed by atoms with van der Waals surface area (Å²) in [5, 5.41) is 3.44. The molecule has 0 amide bonds. The van der Waals surface area contributed by atoms with E-state index < -0.39 is 0 Å². The van der Waals surface area contributed by atoms with Crippen molar-refractivity contribution in [2.24, 2.45) is 0 Å². The maximum absolute atomic E-state index is 4.57. The van der Waals surface area contributed by atoms with E-state index in [2.05, 4.69) is 32.0 Å². The highest BCUT2D eigenvalue weighted by Crippen LogP contribution is 2.11. The monoisotopic (exact) mass is 278 g/mol. The van der Waals surface area contributed by atoms with Gasteiger partial charge in [0, 0.05) is 43.1 Å². The van der Waals surface area contributed by atoms with Gasteiger partial charge in [-0.3, -0.25) is 4.98 Å². The van der Waals surface area contributed by atoms with E-state index in [4.69, 9.17) is 0 Å². The van der Waals surface area contributed by atoms with E-state index >= 15 is 0 Å². The summed E-state index contributed by atoms with van der Waals surface area (Å²) in [4.78, 5) is 8.69. The summed E-state index contributed by atoms with van der Waals surface area (Å²) in [5.74, 6) is 0.957. The van der Waals surface area contributed by atoms with Gasteiger partial charge in [0.2, 0.25) is 0 Å². The van der Waals surface area contributed by atoms with E-state index in [0.29, 0.717) is 0 Å². The summed E-state index contributed by atoms with van der Waals surface area (Å²) in [6, 6.07) is 14.2. The molecule has 0 aliphatic heterocycles. The number of aryl methyl sites for hydroxylation is 1. The third-order valence-electron chi connectivity index (χ3n) is 3.31. The summed E-state index contributed by atoms with van der Waals surface area (Å²) in [5.41, 5.74) is 3.40. The first-order valence-electron chi connectivity index (χ1n) is 7.03. The minimum atomic E-state index is 0.789. The molecule has 1 N–H and O–H groups in total. The number of pyridine rings is 2. The van der Waals surface area contributed by atoms with E-state index in [0.717, 1.165) is 24.6 Å². The summed E-state index contributed by atoms with van der Waals surface area (Å²) in [6.45, 7) is 3.60. The van der Waals surface area contributed by atoms with Crippen LogP contribution in [0.4, 0.5) is 0 Å². The maximum Gasteiger partial charge on any atom is 0.137 e. The molecule has 3 rings (SSSR count). The van der Waals surface area contributed by atoms with E-state index in [1.807, 2.05) is 49.6 Å². The van der Waals surface area contributed by atoms with E-state index in [1.54, 1.807) is 6.20 Å². The standard InChI is InChI=1S/C17H18N4/c1-14-5-2-8-17(20-14)21-10-4-7-16(21)13-19-12-15-6-3-9-18-11-15/h2-11,19H,12-13H2,1H3. The summed E-state index contributed by atoms with van der Waals surface area (Å²) in [7, 11) is 0. The van der Waals surface area contributed by atoms with Gasteiger partial charge in [0.25, 0.3) is 0 Å². The number of aromatic nitrogens is 3. The summed E-state index contributed by atoms with van der Waals surface area (Å²) in [6.07, 6.45) is 5.72. The van der Waals surface area contributed by atoms with Crippen molar-refractivity contribution in [2.75, 3.05) is 0 Å². The van der Waals surface area contributed by atoms with Crippen molar-refractivity contribution >= 4 is 0 Å². The average Bonchev–Trinajstić information content (AvgIpc) is 2.97. The van der Waals surface area contributed by atoms with Gasteiger partial charge >= 0.3 is 0 Å². The number of nitrogens with one attached hydrogen (secondary N) is 1. The minimum Gasteiger partial charge on any atom is -0.307 e. The van der Waals surface area contributed by atoms with Crippen LogP contribution in [0.25, 0.3) is 5.82 Å². The van der Waals surface area contributed by atoms with Crippen molar-refractivity contribution in [3.05, 3.63) is 78.0 Å². The van der Waals surface area contributed by atoms with Crippen LogP contribution in [0, 0.1) is 6.92 Å². The van der Waals surface area contributed by atoms with Gasteiger partial charge in [0.05, 0.1) is 0 Å². The molecule has 0 spiro atoms. The molecule has 4 heteroatoms. The number of hydrogen-bond acceptors (Lipinski definition) is 3. The molecule has 0 radical (unpaired) electrons. The van der Waals surface area contributed by atoms with E-state index in [9.17, 15) is 0 Å². The quantitative estimate of drug-likeness (QED) is 0.780. The van der Waals surface area contributed by atoms with Gasteiger partial charge in [0.1, 0.15) is 5.82 Å². The van der Waals surface area contributed by atoms with Gasteiger partial charge in [-0.15, -0.1) is 0 Å². The molecule has 0 aliphatic rings. The molecule has 0 bridgehead atoms. The Bertz CT molecular complexity index is 704. The Morgan fingerprint density at radius 1 is 1.05 bits per heavy atom. The molecule has 0 atom stereocenters. The van der Waals surface area contributed by atoms with E-state index in [1.165, 1.54) is 11.3 Å². The summed E-state index contributed by atoms with van der Waals surface area (Å²) < 4.78 is 2.11. The zero-order chi connectivity index (χ0) is 14.5. The molecular weight excluding hydrogens is 260 g/mol. The van der Waals surface area contributed by atoms with Crippen LogP contribution in [-0.2, 0) is 13.1 Å². The van der Waals surface area contributed by atoms with E-state index in [-0.39, 0.29) is 0 Å². The highest BCUT2D eigenvalue weighted by atomic mass is 15.1. The van der Waals surface area contributed by atoms with Crippen molar-refractivity contribution in [3.63, 3.8) is 0 Å². The third kappa shape index (κ3) is 3.35. The van der Waals surface area contributed by atoms with Crippen molar-refractivity contribution < 1.29 is 0 Å². The molecule has 21 heavy (non-hydrogen) atoms. The van der Waals surface area contributed by atoms with Gasteiger partial charge in [-0.2, -0.15) is 0 Å². The Labute approximate surface area is 124 Å². The number of nitrogens with zero attached hydrogens (tertiary/aromatic N) is 3. The predicted molar refractivity (Wildman–Crippen MR) is 83.1 cm³/mol. The van der Waals surface area contributed by atoms with Gasteiger partial charge in [-0.05, 0) is 42.8 Å². The molecule has 0 saturated carbocycles. The Hall–Kier alpha value is -2.46. The highest BCUT2D eigenvalue weighted by Gasteiger charge is 2.04. The lowest BCUT2D eigenvalue weighted by Crippen LogP contribution is -2.15. The zero-order valence-corrected chi connectivity index (χ0v) is 12.0. The van der Waals surface area contributed by atoms with Crippen molar-refractivity contribution in [1.29, 1.82) is 0 Å². The fourth-order valence-electron chi connectivity index (χ4n) is 2.28. The first kappa shape index (κ1) is 13.5. The van der Waals surface area contributed by atoms with Gasteiger partial charge < -0.3 is 9.88 Å². The van der Waals surface area contributed by atoms with Crippen LogP contribution in [0.15, 0.2) is 61.1 Å². The van der Waals surface area contributed by atoms with Gasteiger partial charge in [0.15, 0.2) is 0 Å². The summed E-state index contributed by atoms with van der Waals surface area (Å²) >= 11 is 0. The minimum absolute atomic E-state index is 0.789. The molecule has 0 aromatic carbocycles. The SMILES string of the molecule is Cc1cccc(-n2cccc2CNCc2cccnc2)n1. The zero-order valence-electron chi connectivity index (χ0n) is 12.0. The van der Waals surface area contributed by atoms with Crippen LogP contribution >= 0.6 is 0 Å². The highest BCUT2D eigenvalue weighted by molar-refractivity contribution is 5.29.